The smallest absolute Gasteiger partial charge is 0.330 e. The lowest BCUT2D eigenvalue weighted by Crippen LogP contribution is -2.46. The van der Waals surface area contributed by atoms with Gasteiger partial charge in [0.1, 0.15) is 0 Å². The van der Waals surface area contributed by atoms with E-state index in [1.54, 1.807) is 29.2 Å². The van der Waals surface area contributed by atoms with Gasteiger partial charge in [-0.3, -0.25) is 0 Å². The molecule has 0 spiro atoms. The Labute approximate surface area is 125 Å². The molecule has 1 aromatic carbocycles. The monoisotopic (exact) mass is 290 g/mol. The first-order chi connectivity index (χ1) is 10.1. The lowest BCUT2D eigenvalue weighted by molar-refractivity contribution is -0.139. The van der Waals surface area contributed by atoms with E-state index < -0.39 is 12.0 Å². The molecule has 0 unspecified atom stereocenters. The van der Waals surface area contributed by atoms with Gasteiger partial charge < -0.3 is 15.3 Å². The number of urea groups is 1. The molecule has 0 radical (unpaired) electrons. The largest absolute Gasteiger partial charge is 0.479 e. The summed E-state index contributed by atoms with van der Waals surface area (Å²) in [5.41, 5.74) is 0.582. The Balaban J connectivity index is 2.01. The van der Waals surface area contributed by atoms with Crippen LogP contribution in [0.25, 0.3) is 0 Å². The minimum absolute atomic E-state index is 0.305. The Morgan fingerprint density at radius 3 is 2.48 bits per heavy atom. The molecule has 21 heavy (non-hydrogen) atoms. The van der Waals surface area contributed by atoms with Crippen LogP contribution in [0.1, 0.15) is 37.8 Å². The molecule has 2 rings (SSSR count). The van der Waals surface area contributed by atoms with Crippen molar-refractivity contribution in [1.29, 1.82) is 0 Å². The molecule has 0 saturated heterocycles. The van der Waals surface area contributed by atoms with E-state index in [0.717, 1.165) is 12.8 Å². The van der Waals surface area contributed by atoms with Crippen LogP contribution in [0.4, 0.5) is 4.79 Å². The van der Waals surface area contributed by atoms with E-state index in [-0.39, 0.29) is 6.03 Å². The highest BCUT2D eigenvalue weighted by Crippen LogP contribution is 2.27. The minimum Gasteiger partial charge on any atom is -0.479 e. The number of carbonyl (C=O) groups excluding carboxylic acids is 1. The van der Waals surface area contributed by atoms with Gasteiger partial charge in [0, 0.05) is 13.1 Å². The van der Waals surface area contributed by atoms with E-state index in [9.17, 15) is 14.7 Å². The van der Waals surface area contributed by atoms with Gasteiger partial charge in [-0.1, -0.05) is 36.8 Å². The third-order valence-corrected chi connectivity index (χ3v) is 4.02. The third kappa shape index (κ3) is 3.97. The molecule has 1 aromatic rings. The molecule has 1 aliphatic rings. The number of benzene rings is 1. The van der Waals surface area contributed by atoms with E-state index in [2.05, 4.69) is 5.32 Å². The fraction of sp³-hybridized carbons (Fsp3) is 0.500. The van der Waals surface area contributed by atoms with Crippen molar-refractivity contribution < 1.29 is 14.7 Å². The Morgan fingerprint density at radius 1 is 1.33 bits per heavy atom. The Morgan fingerprint density at radius 2 is 2.00 bits per heavy atom. The summed E-state index contributed by atoms with van der Waals surface area (Å²) in [6.07, 6.45) is 3.54. The summed E-state index contributed by atoms with van der Waals surface area (Å²) in [4.78, 5) is 25.4. The van der Waals surface area contributed by atoms with Gasteiger partial charge in [-0.25, -0.2) is 9.59 Å². The van der Waals surface area contributed by atoms with Crippen LogP contribution in [0.3, 0.4) is 0 Å². The number of aliphatic carboxylic acids is 1. The highest BCUT2D eigenvalue weighted by atomic mass is 16.4. The maximum Gasteiger partial charge on any atom is 0.330 e. The second kappa shape index (κ2) is 7.11. The number of amides is 2. The normalized spacial score (nSPS) is 15.9. The summed E-state index contributed by atoms with van der Waals surface area (Å²) >= 11 is 0. The highest BCUT2D eigenvalue weighted by molar-refractivity contribution is 5.83. The summed E-state index contributed by atoms with van der Waals surface area (Å²) in [5, 5.41) is 12.0. The van der Waals surface area contributed by atoms with Crippen LogP contribution >= 0.6 is 0 Å². The van der Waals surface area contributed by atoms with Gasteiger partial charge in [-0.15, -0.1) is 0 Å². The van der Waals surface area contributed by atoms with Crippen molar-refractivity contribution in [3.8, 4) is 0 Å². The predicted octanol–water partition coefficient (Wildman–Crippen LogP) is 2.64. The van der Waals surface area contributed by atoms with Crippen molar-refractivity contribution in [3.63, 3.8) is 0 Å². The molecule has 1 atom stereocenters. The quantitative estimate of drug-likeness (QED) is 0.846. The van der Waals surface area contributed by atoms with E-state index in [1.165, 1.54) is 6.42 Å². The maximum atomic E-state index is 12.3. The standard InChI is InChI=1S/C16H22N2O3/c1-2-18(11-12-7-6-8-12)16(21)17-14(15(19)20)13-9-4-3-5-10-13/h3-5,9-10,12,14H,2,6-8,11H2,1H3,(H,17,21)(H,19,20)/t14-/m1/s1. The van der Waals surface area contributed by atoms with Gasteiger partial charge in [0.15, 0.2) is 6.04 Å². The molecule has 1 aliphatic carbocycles. The number of rotatable bonds is 6. The lowest BCUT2D eigenvalue weighted by atomic mass is 9.85. The predicted molar refractivity (Wildman–Crippen MR) is 79.9 cm³/mol. The number of carboxylic acids is 1. The van der Waals surface area contributed by atoms with Crippen LogP contribution < -0.4 is 5.32 Å². The van der Waals surface area contributed by atoms with Gasteiger partial charge in [0.25, 0.3) is 0 Å². The first-order valence-corrected chi connectivity index (χ1v) is 7.45. The number of nitrogens with zero attached hydrogens (tertiary/aromatic N) is 1. The molecular formula is C16H22N2O3. The topological polar surface area (TPSA) is 69.6 Å². The molecule has 0 heterocycles. The molecule has 1 fully saturated rings. The molecule has 0 bridgehead atoms. The van der Waals surface area contributed by atoms with Gasteiger partial charge in [0.2, 0.25) is 0 Å². The van der Waals surface area contributed by atoms with Crippen molar-refractivity contribution in [2.75, 3.05) is 13.1 Å². The third-order valence-electron chi connectivity index (χ3n) is 4.02. The summed E-state index contributed by atoms with van der Waals surface area (Å²) in [5.74, 6) is -0.482. The zero-order valence-electron chi connectivity index (χ0n) is 12.3. The van der Waals surface area contributed by atoms with Crippen molar-refractivity contribution in [2.45, 2.75) is 32.2 Å². The molecular weight excluding hydrogens is 268 g/mol. The average molecular weight is 290 g/mol. The fourth-order valence-corrected chi connectivity index (χ4v) is 2.49. The SMILES string of the molecule is CCN(CC1CCC1)C(=O)N[C@@H](C(=O)O)c1ccccc1. The van der Waals surface area contributed by atoms with Crippen LogP contribution in [-0.4, -0.2) is 35.1 Å². The van der Waals surface area contributed by atoms with Crippen LogP contribution in [0.2, 0.25) is 0 Å². The summed E-state index contributed by atoms with van der Waals surface area (Å²) < 4.78 is 0. The second-order valence-corrected chi connectivity index (χ2v) is 5.47. The summed E-state index contributed by atoms with van der Waals surface area (Å²) in [6.45, 7) is 3.21. The molecule has 1 saturated carbocycles. The molecule has 114 valence electrons. The summed E-state index contributed by atoms with van der Waals surface area (Å²) in [6, 6.07) is 7.46. The number of hydrogen-bond donors (Lipinski definition) is 2. The first kappa shape index (κ1) is 15.4. The van der Waals surface area contributed by atoms with Crippen LogP contribution in [-0.2, 0) is 4.79 Å². The second-order valence-electron chi connectivity index (χ2n) is 5.47. The van der Waals surface area contributed by atoms with Crippen LogP contribution in [0.15, 0.2) is 30.3 Å². The fourth-order valence-electron chi connectivity index (χ4n) is 2.49. The molecule has 2 amide bonds. The van der Waals surface area contributed by atoms with Crippen LogP contribution in [0, 0.1) is 5.92 Å². The number of hydrogen-bond acceptors (Lipinski definition) is 2. The van der Waals surface area contributed by atoms with E-state index in [0.29, 0.717) is 24.6 Å². The van der Waals surface area contributed by atoms with Crippen molar-refractivity contribution in [2.24, 2.45) is 5.92 Å². The molecule has 5 heteroatoms. The van der Waals surface area contributed by atoms with E-state index in [1.807, 2.05) is 13.0 Å². The molecule has 0 aliphatic heterocycles. The van der Waals surface area contributed by atoms with Crippen molar-refractivity contribution >= 4 is 12.0 Å². The molecule has 0 aromatic heterocycles. The van der Waals surface area contributed by atoms with Gasteiger partial charge in [-0.05, 0) is 31.2 Å². The Hall–Kier alpha value is -2.04. The first-order valence-electron chi connectivity index (χ1n) is 7.45. The Kier molecular flexibility index (Phi) is 5.20. The zero-order chi connectivity index (χ0) is 15.2. The van der Waals surface area contributed by atoms with Crippen molar-refractivity contribution in [1.82, 2.24) is 10.2 Å². The molecule has 2 N–H and O–H groups in total. The van der Waals surface area contributed by atoms with Gasteiger partial charge in [0.05, 0.1) is 0 Å². The maximum absolute atomic E-state index is 12.3. The number of nitrogens with one attached hydrogen (secondary N) is 1. The zero-order valence-corrected chi connectivity index (χ0v) is 12.3. The van der Waals surface area contributed by atoms with E-state index in [4.69, 9.17) is 0 Å². The molecule has 5 nitrogen and oxygen atoms in total. The van der Waals surface area contributed by atoms with Crippen molar-refractivity contribution in [3.05, 3.63) is 35.9 Å². The highest BCUT2D eigenvalue weighted by Gasteiger charge is 2.27. The summed E-state index contributed by atoms with van der Waals surface area (Å²) in [7, 11) is 0. The number of carboxylic acid groups (broad SMARTS) is 1. The average Bonchev–Trinajstić information content (AvgIpc) is 2.44. The number of carbonyl (C=O) groups is 2. The van der Waals surface area contributed by atoms with E-state index >= 15 is 0 Å². The van der Waals surface area contributed by atoms with Crippen LogP contribution in [0.5, 0.6) is 0 Å². The lowest BCUT2D eigenvalue weighted by Gasteiger charge is -2.32. The van der Waals surface area contributed by atoms with Gasteiger partial charge in [-0.2, -0.15) is 0 Å². The van der Waals surface area contributed by atoms with Gasteiger partial charge >= 0.3 is 12.0 Å². The Bertz CT molecular complexity index is 486. The minimum atomic E-state index is -1.05.